The van der Waals surface area contributed by atoms with Gasteiger partial charge in [-0.25, -0.2) is 0 Å². The molecule has 0 radical (unpaired) electrons. The van der Waals surface area contributed by atoms with Crippen LogP contribution < -0.4 is 5.73 Å². The van der Waals surface area contributed by atoms with Crippen molar-refractivity contribution < 1.29 is 9.59 Å². The van der Waals surface area contributed by atoms with Gasteiger partial charge in [-0.2, -0.15) is 0 Å². The van der Waals surface area contributed by atoms with Crippen molar-refractivity contribution in [3.63, 3.8) is 0 Å². The summed E-state index contributed by atoms with van der Waals surface area (Å²) in [6.45, 7) is 8.98. The van der Waals surface area contributed by atoms with Crippen LogP contribution in [0.1, 0.15) is 40.0 Å². The van der Waals surface area contributed by atoms with E-state index >= 15 is 0 Å². The first-order chi connectivity index (χ1) is 9.04. The third kappa shape index (κ3) is 3.93. The predicted octanol–water partition coefficient (Wildman–Crippen LogP) is 0.831. The fourth-order valence-corrected chi connectivity index (χ4v) is 2.92. The molecular formula is C14H27N3O2. The van der Waals surface area contributed by atoms with Crippen LogP contribution in [0.4, 0.5) is 0 Å². The number of hydrogen-bond donors (Lipinski definition) is 1. The van der Waals surface area contributed by atoms with Gasteiger partial charge in [0.25, 0.3) is 0 Å². The number of nitrogens with zero attached hydrogens (tertiary/aromatic N) is 2. The second-order valence-corrected chi connectivity index (χ2v) is 5.19. The summed E-state index contributed by atoms with van der Waals surface area (Å²) >= 11 is 0. The average Bonchev–Trinajstić information content (AvgIpc) is 2.43. The molecule has 2 N–H and O–H groups in total. The van der Waals surface area contributed by atoms with E-state index in [9.17, 15) is 9.59 Å². The van der Waals surface area contributed by atoms with E-state index in [0.717, 1.165) is 25.9 Å². The fraction of sp³-hybridized carbons (Fsp3) is 0.857. The van der Waals surface area contributed by atoms with Crippen molar-refractivity contribution in [1.82, 2.24) is 9.80 Å². The van der Waals surface area contributed by atoms with Crippen molar-refractivity contribution in [1.29, 1.82) is 0 Å². The Morgan fingerprint density at radius 2 is 1.58 bits per heavy atom. The van der Waals surface area contributed by atoms with Gasteiger partial charge < -0.3 is 10.6 Å². The van der Waals surface area contributed by atoms with E-state index in [-0.39, 0.29) is 17.9 Å². The Kier molecular flexibility index (Phi) is 6.28. The number of nitrogens with two attached hydrogens (primary N) is 1. The van der Waals surface area contributed by atoms with Crippen molar-refractivity contribution in [2.75, 3.05) is 26.2 Å². The minimum atomic E-state index is -0.232. The zero-order chi connectivity index (χ0) is 14.4. The van der Waals surface area contributed by atoms with Crippen LogP contribution in [0.15, 0.2) is 0 Å². The number of carbonyl (C=O) groups is 2. The van der Waals surface area contributed by atoms with Crippen LogP contribution in [0.25, 0.3) is 0 Å². The van der Waals surface area contributed by atoms with E-state index in [1.54, 1.807) is 0 Å². The number of rotatable bonds is 6. The maximum atomic E-state index is 11.7. The van der Waals surface area contributed by atoms with Crippen LogP contribution >= 0.6 is 0 Å². The van der Waals surface area contributed by atoms with Crippen LogP contribution in [0.5, 0.6) is 0 Å². The third-order valence-corrected chi connectivity index (χ3v) is 4.15. The van der Waals surface area contributed by atoms with Gasteiger partial charge >= 0.3 is 0 Å². The van der Waals surface area contributed by atoms with Gasteiger partial charge in [-0.05, 0) is 5.92 Å². The van der Waals surface area contributed by atoms with E-state index in [4.69, 9.17) is 5.73 Å². The molecule has 1 heterocycles. The molecule has 0 aliphatic carbocycles. The van der Waals surface area contributed by atoms with E-state index < -0.39 is 0 Å². The molecule has 1 rings (SSSR count). The van der Waals surface area contributed by atoms with Gasteiger partial charge in [0, 0.05) is 32.6 Å². The van der Waals surface area contributed by atoms with Crippen molar-refractivity contribution in [3.8, 4) is 0 Å². The molecule has 0 aromatic carbocycles. The van der Waals surface area contributed by atoms with Crippen molar-refractivity contribution >= 4 is 11.8 Å². The molecule has 0 spiro atoms. The highest BCUT2D eigenvalue weighted by Crippen LogP contribution is 2.20. The standard InChI is InChI=1S/C14H27N3O2/c1-4-11(5-2)13(14(15)19)17-9-7-16(8-10-17)12(18)6-3/h11,13H,4-10H2,1-3H3,(H2,15,19). The van der Waals surface area contributed by atoms with Crippen molar-refractivity contribution in [3.05, 3.63) is 0 Å². The van der Waals surface area contributed by atoms with Crippen molar-refractivity contribution in [2.24, 2.45) is 11.7 Å². The van der Waals surface area contributed by atoms with E-state index in [1.807, 2.05) is 11.8 Å². The molecule has 110 valence electrons. The Labute approximate surface area is 116 Å². The highest BCUT2D eigenvalue weighted by molar-refractivity contribution is 5.80. The molecule has 1 atom stereocenters. The second-order valence-electron chi connectivity index (χ2n) is 5.19. The number of primary amides is 1. The molecular weight excluding hydrogens is 242 g/mol. The maximum Gasteiger partial charge on any atom is 0.235 e. The molecule has 1 aliphatic heterocycles. The Morgan fingerprint density at radius 3 is 1.95 bits per heavy atom. The Balaban J connectivity index is 2.64. The number of hydrogen-bond acceptors (Lipinski definition) is 3. The van der Waals surface area contributed by atoms with Gasteiger partial charge in [0.1, 0.15) is 0 Å². The van der Waals surface area contributed by atoms with E-state index in [0.29, 0.717) is 25.4 Å². The average molecular weight is 269 g/mol. The molecule has 0 bridgehead atoms. The van der Waals surface area contributed by atoms with Crippen LogP contribution in [0, 0.1) is 5.92 Å². The summed E-state index contributed by atoms with van der Waals surface area (Å²) in [4.78, 5) is 27.4. The summed E-state index contributed by atoms with van der Waals surface area (Å²) in [5.41, 5.74) is 5.58. The lowest BCUT2D eigenvalue weighted by Gasteiger charge is -2.40. The summed E-state index contributed by atoms with van der Waals surface area (Å²) in [5.74, 6) is 0.271. The second kappa shape index (κ2) is 7.48. The SMILES string of the molecule is CCC(=O)N1CCN(C(C(N)=O)C(CC)CC)CC1. The largest absolute Gasteiger partial charge is 0.368 e. The molecule has 1 unspecified atom stereocenters. The Morgan fingerprint density at radius 1 is 1.05 bits per heavy atom. The summed E-state index contributed by atoms with van der Waals surface area (Å²) in [6, 6.07) is -0.186. The van der Waals surface area contributed by atoms with Gasteiger partial charge in [-0.15, -0.1) is 0 Å². The first kappa shape index (κ1) is 16.0. The molecule has 5 heteroatoms. The molecule has 1 saturated heterocycles. The van der Waals surface area contributed by atoms with Crippen molar-refractivity contribution in [2.45, 2.75) is 46.1 Å². The van der Waals surface area contributed by atoms with Gasteiger partial charge in [0.05, 0.1) is 6.04 Å². The molecule has 0 saturated carbocycles. The summed E-state index contributed by atoms with van der Waals surface area (Å²) in [5, 5.41) is 0. The van der Waals surface area contributed by atoms with Crippen LogP contribution in [-0.2, 0) is 9.59 Å². The van der Waals surface area contributed by atoms with Crippen LogP contribution in [0.2, 0.25) is 0 Å². The Hall–Kier alpha value is -1.10. The lowest BCUT2D eigenvalue weighted by Crippen LogP contribution is -2.57. The van der Waals surface area contributed by atoms with Gasteiger partial charge in [0.15, 0.2) is 0 Å². The smallest absolute Gasteiger partial charge is 0.235 e. The summed E-state index contributed by atoms with van der Waals surface area (Å²) < 4.78 is 0. The van der Waals surface area contributed by atoms with Gasteiger partial charge in [0.2, 0.25) is 11.8 Å². The first-order valence-electron chi connectivity index (χ1n) is 7.36. The molecule has 2 amide bonds. The third-order valence-electron chi connectivity index (χ3n) is 4.15. The maximum absolute atomic E-state index is 11.7. The van der Waals surface area contributed by atoms with Crippen LogP contribution in [0.3, 0.4) is 0 Å². The topological polar surface area (TPSA) is 66.6 Å². The minimum absolute atomic E-state index is 0.186. The number of piperazine rings is 1. The Bertz CT molecular complexity index is 308. The summed E-state index contributed by atoms with van der Waals surface area (Å²) in [6.07, 6.45) is 2.46. The zero-order valence-corrected chi connectivity index (χ0v) is 12.4. The lowest BCUT2D eigenvalue weighted by atomic mass is 9.92. The molecule has 19 heavy (non-hydrogen) atoms. The van der Waals surface area contributed by atoms with Gasteiger partial charge in [-0.1, -0.05) is 33.6 Å². The summed E-state index contributed by atoms with van der Waals surface area (Å²) in [7, 11) is 0. The number of carbonyl (C=O) groups excluding carboxylic acids is 2. The minimum Gasteiger partial charge on any atom is -0.368 e. The molecule has 0 aromatic rings. The molecule has 1 fully saturated rings. The van der Waals surface area contributed by atoms with E-state index in [2.05, 4.69) is 18.7 Å². The number of amides is 2. The van der Waals surface area contributed by atoms with E-state index in [1.165, 1.54) is 0 Å². The lowest BCUT2D eigenvalue weighted by molar-refractivity contribution is -0.134. The normalized spacial score (nSPS) is 18.6. The molecule has 0 aromatic heterocycles. The fourth-order valence-electron chi connectivity index (χ4n) is 2.92. The quantitative estimate of drug-likeness (QED) is 0.776. The highest BCUT2D eigenvalue weighted by Gasteiger charge is 2.32. The molecule has 1 aliphatic rings. The zero-order valence-electron chi connectivity index (χ0n) is 12.4. The molecule has 5 nitrogen and oxygen atoms in total. The first-order valence-corrected chi connectivity index (χ1v) is 7.36. The highest BCUT2D eigenvalue weighted by atomic mass is 16.2. The predicted molar refractivity (Wildman–Crippen MR) is 75.5 cm³/mol. The monoisotopic (exact) mass is 269 g/mol. The van der Waals surface area contributed by atoms with Gasteiger partial charge in [-0.3, -0.25) is 14.5 Å². The van der Waals surface area contributed by atoms with Crippen LogP contribution in [-0.4, -0.2) is 53.8 Å².